The van der Waals surface area contributed by atoms with Gasteiger partial charge in [-0.1, -0.05) is 41.5 Å². The van der Waals surface area contributed by atoms with Crippen molar-refractivity contribution in [2.24, 2.45) is 26.2 Å². The molecule has 0 saturated carbocycles. The Kier molecular flexibility index (Phi) is 12.9. The summed E-state index contributed by atoms with van der Waals surface area (Å²) >= 11 is 0. The molecule has 229 valence electrons. The summed E-state index contributed by atoms with van der Waals surface area (Å²) in [7, 11) is -11.7. The Morgan fingerprint density at radius 3 is 1.00 bits per heavy atom. The number of hydrogen-bond donors (Lipinski definition) is 2. The van der Waals surface area contributed by atoms with Crippen molar-refractivity contribution in [1.82, 2.24) is 0 Å². The van der Waals surface area contributed by atoms with Crippen molar-refractivity contribution in [3.63, 3.8) is 0 Å². The van der Waals surface area contributed by atoms with E-state index in [2.05, 4.69) is 55.4 Å². The van der Waals surface area contributed by atoms with Gasteiger partial charge in [0.05, 0.1) is 12.1 Å². The van der Waals surface area contributed by atoms with Crippen LogP contribution < -0.4 is 0 Å². The monoisotopic (exact) mass is 657 g/mol. The van der Waals surface area contributed by atoms with Gasteiger partial charge in [-0.05, 0) is 24.7 Å². The van der Waals surface area contributed by atoms with Gasteiger partial charge in [-0.3, -0.25) is 9.11 Å². The van der Waals surface area contributed by atoms with Crippen LogP contribution in [0.4, 0.5) is 26.3 Å². The Bertz CT molecular complexity index is 990. The quantitative estimate of drug-likeness (QED) is 0.191. The molecule has 0 aromatic carbocycles. The summed E-state index contributed by atoms with van der Waals surface area (Å²) in [6, 6.07) is 0.402. The van der Waals surface area contributed by atoms with E-state index in [0.717, 1.165) is 11.8 Å². The van der Waals surface area contributed by atoms with E-state index in [9.17, 15) is 26.3 Å². The molecule has 0 bridgehead atoms. The van der Waals surface area contributed by atoms with Gasteiger partial charge < -0.3 is 9.47 Å². The van der Waals surface area contributed by atoms with Crippen LogP contribution in [0.15, 0.2) is 9.98 Å². The largest absolute Gasteiger partial charge is 2.00 e. The van der Waals surface area contributed by atoms with Crippen molar-refractivity contribution < 1.29 is 78.8 Å². The molecule has 0 saturated heterocycles. The molecule has 0 amide bonds. The number of nitrogens with zero attached hydrogens (tertiary/aromatic N) is 2. The third-order valence-corrected chi connectivity index (χ3v) is 6.13. The summed E-state index contributed by atoms with van der Waals surface area (Å²) in [6.07, 6.45) is 0. The first-order chi connectivity index (χ1) is 15.9. The zero-order chi connectivity index (χ0) is 30.1. The standard InChI is InChI=1S/C17H30N2O2.2CHF3O3S.Cu/c1-15(2,3)11-9-20-13(18-11)17(7,8)14-19-12(10-21-14)16(4,5)6;2*2-1(3,4)8(5,6)7;/h11-12H,9-10H2,1-8H3;2*(H,5,6,7);/q;;;+2/t11-,12-;;;/m1.../s1. The predicted molar refractivity (Wildman–Crippen MR) is 122 cm³/mol. The maximum absolute atomic E-state index is 10.7. The molecule has 38 heavy (non-hydrogen) atoms. The van der Waals surface area contributed by atoms with E-state index < -0.39 is 31.3 Å². The number of aliphatic imine (C=N–C) groups is 2. The van der Waals surface area contributed by atoms with Crippen molar-refractivity contribution in [2.45, 2.75) is 78.5 Å². The Morgan fingerprint density at radius 2 is 0.868 bits per heavy atom. The molecule has 2 rings (SSSR count). The van der Waals surface area contributed by atoms with Crippen LogP contribution in [0, 0.1) is 16.2 Å². The van der Waals surface area contributed by atoms with Crippen molar-refractivity contribution >= 4 is 32.0 Å². The fourth-order valence-electron chi connectivity index (χ4n) is 2.41. The van der Waals surface area contributed by atoms with Gasteiger partial charge in [0.2, 0.25) is 0 Å². The fourth-order valence-corrected chi connectivity index (χ4v) is 2.41. The molecule has 2 atom stereocenters. The first kappa shape index (κ1) is 39.0. The molecule has 1 radical (unpaired) electrons. The van der Waals surface area contributed by atoms with Gasteiger partial charge in [0.15, 0.2) is 11.8 Å². The zero-order valence-electron chi connectivity index (χ0n) is 21.7. The number of alkyl halides is 6. The maximum atomic E-state index is 10.7. The van der Waals surface area contributed by atoms with E-state index in [-0.39, 0.29) is 45.4 Å². The Balaban J connectivity index is 0. The summed E-state index contributed by atoms with van der Waals surface area (Å²) in [5, 5.41) is 0. The summed E-state index contributed by atoms with van der Waals surface area (Å²) in [5.74, 6) is 1.52. The summed E-state index contributed by atoms with van der Waals surface area (Å²) in [4.78, 5) is 9.59. The zero-order valence-corrected chi connectivity index (χ0v) is 24.3. The van der Waals surface area contributed by atoms with Crippen molar-refractivity contribution in [2.75, 3.05) is 13.2 Å². The van der Waals surface area contributed by atoms with E-state index in [4.69, 9.17) is 45.4 Å². The molecule has 2 N–H and O–H groups in total. The second-order valence-electron chi connectivity index (χ2n) is 10.7. The molecule has 10 nitrogen and oxygen atoms in total. The van der Waals surface area contributed by atoms with E-state index >= 15 is 0 Å². The van der Waals surface area contributed by atoms with E-state index in [1.807, 2.05) is 0 Å². The third kappa shape index (κ3) is 11.5. The van der Waals surface area contributed by atoms with Crippen LogP contribution >= 0.6 is 0 Å². The van der Waals surface area contributed by atoms with Gasteiger partial charge in [0.1, 0.15) is 18.6 Å². The van der Waals surface area contributed by atoms with Crippen LogP contribution in [0.2, 0.25) is 0 Å². The summed E-state index contributed by atoms with van der Waals surface area (Å²) < 4.78 is 127. The second kappa shape index (κ2) is 12.6. The molecule has 0 spiro atoms. The van der Waals surface area contributed by atoms with Gasteiger partial charge in [-0.2, -0.15) is 43.2 Å². The first-order valence-electron chi connectivity index (χ1n) is 10.4. The third-order valence-electron chi connectivity index (χ3n) is 4.96. The molecule has 0 aromatic heterocycles. The van der Waals surface area contributed by atoms with Crippen LogP contribution in [0.5, 0.6) is 0 Å². The molecule has 0 fully saturated rings. The molecule has 2 aliphatic heterocycles. The van der Waals surface area contributed by atoms with Gasteiger partial charge in [-0.15, -0.1) is 0 Å². The van der Waals surface area contributed by atoms with Gasteiger partial charge >= 0.3 is 48.3 Å². The van der Waals surface area contributed by atoms with Crippen LogP contribution in [-0.2, 0) is 46.8 Å². The SMILES string of the molecule is CC(C)(C1=N[C@@H](C(C)(C)C)CO1)C1=N[C@@H](C(C)(C)C)CO1.O=S(=O)(O)C(F)(F)F.O=S(=O)(O)C(F)(F)F.[Cu+2]. The summed E-state index contributed by atoms with van der Waals surface area (Å²) in [6.45, 7) is 18.6. The Morgan fingerprint density at radius 1 is 0.658 bits per heavy atom. The molecule has 19 heteroatoms. The molecule has 0 aliphatic carbocycles. The van der Waals surface area contributed by atoms with Crippen LogP contribution in [0.1, 0.15) is 55.4 Å². The van der Waals surface area contributed by atoms with E-state index in [0.29, 0.717) is 13.2 Å². The minimum atomic E-state index is -5.84. The molecule has 0 unspecified atom stereocenters. The Labute approximate surface area is 228 Å². The van der Waals surface area contributed by atoms with Crippen molar-refractivity contribution in [3.05, 3.63) is 0 Å². The van der Waals surface area contributed by atoms with Gasteiger partial charge in [0.25, 0.3) is 0 Å². The van der Waals surface area contributed by atoms with Crippen LogP contribution in [0.25, 0.3) is 0 Å². The number of hydrogen-bond acceptors (Lipinski definition) is 8. The Hall–Kier alpha value is -1.14. The topological polar surface area (TPSA) is 152 Å². The predicted octanol–water partition coefficient (Wildman–Crippen LogP) is 4.48. The van der Waals surface area contributed by atoms with E-state index in [1.54, 1.807) is 0 Å². The molecular formula is C19H32CuF6N2O8S2+2. The molecule has 2 heterocycles. The number of ether oxygens (including phenoxy) is 2. The van der Waals surface area contributed by atoms with Crippen LogP contribution in [-0.4, -0.2) is 74.1 Å². The minimum absolute atomic E-state index is 0. The maximum Gasteiger partial charge on any atom is 2.00 e. The van der Waals surface area contributed by atoms with Crippen molar-refractivity contribution in [3.8, 4) is 0 Å². The van der Waals surface area contributed by atoms with E-state index in [1.165, 1.54) is 0 Å². The first-order valence-corrected chi connectivity index (χ1v) is 13.3. The smallest absolute Gasteiger partial charge is 0.478 e. The minimum Gasteiger partial charge on any atom is -0.478 e. The normalized spacial score (nSPS) is 20.8. The number of halogens is 6. The average molecular weight is 658 g/mol. The average Bonchev–Trinajstić information content (AvgIpc) is 3.29. The molecule has 2 aliphatic rings. The fraction of sp³-hybridized carbons (Fsp3) is 0.895. The number of rotatable bonds is 2. The molecule has 0 aromatic rings. The van der Waals surface area contributed by atoms with Crippen molar-refractivity contribution in [1.29, 1.82) is 0 Å². The summed E-state index contributed by atoms with van der Waals surface area (Å²) in [5.41, 5.74) is -11.2. The second-order valence-corrected chi connectivity index (χ2v) is 13.5. The molecular weight excluding hydrogens is 626 g/mol. The van der Waals surface area contributed by atoms with Gasteiger partial charge in [-0.25, -0.2) is 9.98 Å². The van der Waals surface area contributed by atoms with Gasteiger partial charge in [0, 0.05) is 0 Å². The van der Waals surface area contributed by atoms with Crippen LogP contribution in [0.3, 0.4) is 0 Å².